The van der Waals surface area contributed by atoms with E-state index in [1.54, 1.807) is 0 Å². The summed E-state index contributed by atoms with van der Waals surface area (Å²) in [6.07, 6.45) is 8.71. The van der Waals surface area contributed by atoms with E-state index < -0.39 is 17.4 Å². The molecule has 0 aromatic rings. The normalized spacial score (nSPS) is 45.1. The Morgan fingerprint density at radius 3 is 1.59 bits per heavy atom. The maximum absolute atomic E-state index is 12.4. The Morgan fingerprint density at radius 2 is 1.32 bits per heavy atom. The molecule has 4 saturated carbocycles. The summed E-state index contributed by atoms with van der Waals surface area (Å²) >= 11 is 0. The molecule has 0 aromatic carbocycles. The van der Waals surface area contributed by atoms with Gasteiger partial charge in [-0.3, -0.25) is 9.59 Å². The van der Waals surface area contributed by atoms with Gasteiger partial charge in [-0.25, -0.2) is 0 Å². The summed E-state index contributed by atoms with van der Waals surface area (Å²) in [6.45, 7) is 0. The summed E-state index contributed by atoms with van der Waals surface area (Å²) in [6, 6.07) is 0. The van der Waals surface area contributed by atoms with Crippen LogP contribution in [0.25, 0.3) is 0 Å². The Kier molecular flexibility index (Phi) is 3.28. The van der Waals surface area contributed by atoms with Crippen LogP contribution in [0.15, 0.2) is 0 Å². The standard InChI is InChI=1S/C18H26O4/c19-16(20)9-18(17(21)22,14-7-10-1-3-12(14)5-10)15-8-11-2-4-13(15)6-11/h10-15H,1-9H2,(H,19,20)(H,21,22). The van der Waals surface area contributed by atoms with Crippen LogP contribution < -0.4 is 0 Å². The number of hydrogen-bond acceptors (Lipinski definition) is 2. The first-order chi connectivity index (χ1) is 10.5. The third kappa shape index (κ3) is 1.95. The van der Waals surface area contributed by atoms with Crippen molar-refractivity contribution < 1.29 is 19.8 Å². The second-order valence-electron chi connectivity index (χ2n) is 8.48. The number of fused-ring (bicyclic) bond motifs is 4. The Bertz CT molecular complexity index is 471. The molecule has 4 rings (SSSR count). The minimum atomic E-state index is -0.995. The third-order valence-corrected chi connectivity index (χ3v) is 7.64. The highest BCUT2D eigenvalue weighted by molar-refractivity contribution is 5.82. The zero-order valence-corrected chi connectivity index (χ0v) is 13.0. The van der Waals surface area contributed by atoms with Gasteiger partial charge in [0.1, 0.15) is 0 Å². The molecule has 4 nitrogen and oxygen atoms in total. The Hall–Kier alpha value is -1.06. The lowest BCUT2D eigenvalue weighted by Gasteiger charge is -2.46. The molecule has 6 unspecified atom stereocenters. The Balaban J connectivity index is 1.72. The van der Waals surface area contributed by atoms with E-state index in [4.69, 9.17) is 0 Å². The van der Waals surface area contributed by atoms with Crippen molar-refractivity contribution in [2.24, 2.45) is 40.9 Å². The SMILES string of the molecule is O=C(O)CC(C(=O)O)(C1CC2CCC1C2)C1CC2CCC1C2. The van der Waals surface area contributed by atoms with E-state index in [2.05, 4.69) is 0 Å². The lowest BCUT2D eigenvalue weighted by Crippen LogP contribution is -2.50. The van der Waals surface area contributed by atoms with Crippen molar-refractivity contribution in [1.82, 2.24) is 0 Å². The molecule has 0 amide bonds. The summed E-state index contributed by atoms with van der Waals surface area (Å²) in [5, 5.41) is 19.7. The van der Waals surface area contributed by atoms with Crippen LogP contribution in [0.4, 0.5) is 0 Å². The summed E-state index contributed by atoms with van der Waals surface area (Å²) in [7, 11) is 0. The van der Waals surface area contributed by atoms with Gasteiger partial charge in [0, 0.05) is 0 Å². The van der Waals surface area contributed by atoms with Gasteiger partial charge in [0.15, 0.2) is 0 Å². The lowest BCUT2D eigenvalue weighted by atomic mass is 9.56. The summed E-state index contributed by atoms with van der Waals surface area (Å²) in [4.78, 5) is 24.0. The summed E-state index contributed by atoms with van der Waals surface area (Å²) in [5.74, 6) is 0.688. The number of hydrogen-bond donors (Lipinski definition) is 2. The number of aliphatic carboxylic acids is 2. The quantitative estimate of drug-likeness (QED) is 0.816. The molecule has 4 bridgehead atoms. The molecule has 0 aliphatic heterocycles. The van der Waals surface area contributed by atoms with Gasteiger partial charge in [-0.05, 0) is 74.0 Å². The number of rotatable bonds is 5. The van der Waals surface area contributed by atoms with Gasteiger partial charge in [0.25, 0.3) is 0 Å². The zero-order valence-electron chi connectivity index (χ0n) is 13.0. The fourth-order valence-electron chi connectivity index (χ4n) is 6.93. The fourth-order valence-corrected chi connectivity index (χ4v) is 6.93. The number of carbonyl (C=O) groups is 2. The lowest BCUT2D eigenvalue weighted by molar-refractivity contribution is -0.169. The van der Waals surface area contributed by atoms with Crippen LogP contribution in [0.2, 0.25) is 0 Å². The van der Waals surface area contributed by atoms with E-state index in [-0.39, 0.29) is 18.3 Å². The van der Waals surface area contributed by atoms with Crippen LogP contribution in [-0.4, -0.2) is 22.2 Å². The molecule has 4 aliphatic rings. The van der Waals surface area contributed by atoms with Crippen LogP contribution in [0.3, 0.4) is 0 Å². The van der Waals surface area contributed by atoms with E-state index in [0.29, 0.717) is 23.7 Å². The molecular formula is C18H26O4. The predicted octanol–water partition coefficient (Wildman–Crippen LogP) is 3.40. The molecule has 22 heavy (non-hydrogen) atoms. The molecule has 122 valence electrons. The van der Waals surface area contributed by atoms with Gasteiger partial charge in [-0.2, -0.15) is 0 Å². The highest BCUT2D eigenvalue weighted by Crippen LogP contribution is 2.64. The first kappa shape index (κ1) is 14.5. The van der Waals surface area contributed by atoms with Gasteiger partial charge in [0.05, 0.1) is 11.8 Å². The van der Waals surface area contributed by atoms with Crippen LogP contribution >= 0.6 is 0 Å². The van der Waals surface area contributed by atoms with E-state index in [9.17, 15) is 19.8 Å². The molecule has 2 N–H and O–H groups in total. The largest absolute Gasteiger partial charge is 0.481 e. The molecule has 0 heterocycles. The molecule has 4 aliphatic carbocycles. The minimum Gasteiger partial charge on any atom is -0.481 e. The minimum absolute atomic E-state index is 0.101. The maximum Gasteiger partial charge on any atom is 0.310 e. The van der Waals surface area contributed by atoms with Gasteiger partial charge >= 0.3 is 11.9 Å². The Labute approximate surface area is 131 Å². The van der Waals surface area contributed by atoms with Gasteiger partial charge in [-0.1, -0.05) is 12.8 Å². The highest BCUT2D eigenvalue weighted by Gasteiger charge is 2.62. The molecule has 4 fully saturated rings. The molecule has 0 saturated heterocycles. The maximum atomic E-state index is 12.4. The van der Waals surface area contributed by atoms with Crippen molar-refractivity contribution in [3.63, 3.8) is 0 Å². The average molecular weight is 306 g/mol. The van der Waals surface area contributed by atoms with Crippen molar-refractivity contribution in [3.05, 3.63) is 0 Å². The van der Waals surface area contributed by atoms with Crippen LogP contribution in [-0.2, 0) is 9.59 Å². The highest BCUT2D eigenvalue weighted by atomic mass is 16.4. The van der Waals surface area contributed by atoms with Crippen molar-refractivity contribution >= 4 is 11.9 Å². The molecule has 4 heteroatoms. The van der Waals surface area contributed by atoms with E-state index >= 15 is 0 Å². The van der Waals surface area contributed by atoms with E-state index in [0.717, 1.165) is 38.5 Å². The predicted molar refractivity (Wildman–Crippen MR) is 80.2 cm³/mol. The van der Waals surface area contributed by atoms with Gasteiger partial charge in [0.2, 0.25) is 0 Å². The first-order valence-corrected chi connectivity index (χ1v) is 8.96. The molecular weight excluding hydrogens is 280 g/mol. The summed E-state index contributed by atoms with van der Waals surface area (Å²) in [5.41, 5.74) is -0.995. The zero-order chi connectivity index (χ0) is 15.5. The van der Waals surface area contributed by atoms with Gasteiger partial charge in [-0.15, -0.1) is 0 Å². The Morgan fingerprint density at radius 1 is 0.818 bits per heavy atom. The second kappa shape index (κ2) is 4.97. The molecule has 0 aromatic heterocycles. The van der Waals surface area contributed by atoms with Crippen molar-refractivity contribution in [2.45, 2.75) is 57.8 Å². The molecule has 0 radical (unpaired) electrons. The van der Waals surface area contributed by atoms with Crippen molar-refractivity contribution in [1.29, 1.82) is 0 Å². The van der Waals surface area contributed by atoms with Crippen LogP contribution in [0.1, 0.15) is 57.8 Å². The van der Waals surface area contributed by atoms with Crippen molar-refractivity contribution in [3.8, 4) is 0 Å². The van der Waals surface area contributed by atoms with Gasteiger partial charge < -0.3 is 10.2 Å². The first-order valence-electron chi connectivity index (χ1n) is 8.96. The second-order valence-corrected chi connectivity index (χ2v) is 8.48. The van der Waals surface area contributed by atoms with E-state index in [1.165, 1.54) is 12.8 Å². The summed E-state index contributed by atoms with van der Waals surface area (Å²) < 4.78 is 0. The third-order valence-electron chi connectivity index (χ3n) is 7.64. The smallest absolute Gasteiger partial charge is 0.310 e. The fraction of sp³-hybridized carbons (Fsp3) is 0.889. The topological polar surface area (TPSA) is 74.6 Å². The van der Waals surface area contributed by atoms with E-state index in [1.807, 2.05) is 0 Å². The monoisotopic (exact) mass is 306 g/mol. The number of carboxylic acids is 2. The molecule has 0 spiro atoms. The van der Waals surface area contributed by atoms with Crippen LogP contribution in [0, 0.1) is 40.9 Å². The average Bonchev–Trinajstić information content (AvgIpc) is 3.22. The number of carboxylic acid groups (broad SMARTS) is 2. The van der Waals surface area contributed by atoms with Crippen molar-refractivity contribution in [2.75, 3.05) is 0 Å². The molecule has 6 atom stereocenters. The van der Waals surface area contributed by atoms with Crippen LogP contribution in [0.5, 0.6) is 0 Å².